The normalized spacial score (nSPS) is 12.3. The van der Waals surface area contributed by atoms with Crippen molar-refractivity contribution in [1.82, 2.24) is 14.3 Å². The molecule has 4 heteroatoms. The molecule has 0 amide bonds. The highest BCUT2D eigenvalue weighted by Crippen LogP contribution is 2.27. The monoisotopic (exact) mass is 307 g/mol. The maximum Gasteiger partial charge on any atom is 0.253 e. The molecule has 0 aliphatic heterocycles. The van der Waals surface area contributed by atoms with Crippen molar-refractivity contribution in [2.24, 2.45) is 7.05 Å². The van der Waals surface area contributed by atoms with Gasteiger partial charge < -0.3 is 4.57 Å². The molecule has 0 spiro atoms. The molecule has 0 saturated heterocycles. The predicted octanol–water partition coefficient (Wildman–Crippen LogP) is 3.47. The van der Waals surface area contributed by atoms with Crippen LogP contribution < -0.4 is 5.56 Å². The van der Waals surface area contributed by atoms with Gasteiger partial charge in [-0.25, -0.2) is 0 Å². The Morgan fingerprint density at radius 2 is 1.83 bits per heavy atom. The number of pyridine rings is 1. The summed E-state index contributed by atoms with van der Waals surface area (Å²) in [6.07, 6.45) is 3.75. The molecular weight excluding hydrogens is 286 g/mol. The fraction of sp³-hybridized carbons (Fsp3) is 0.263. The van der Waals surface area contributed by atoms with Gasteiger partial charge >= 0.3 is 0 Å². The maximum atomic E-state index is 11.9. The molecule has 118 valence electrons. The summed E-state index contributed by atoms with van der Waals surface area (Å²) < 4.78 is 3.66. The van der Waals surface area contributed by atoms with Crippen LogP contribution in [0.15, 0.2) is 53.6 Å². The molecule has 2 aromatic heterocycles. The summed E-state index contributed by atoms with van der Waals surface area (Å²) in [4.78, 5) is 11.9. The average Bonchev–Trinajstić information content (AvgIpc) is 2.94. The molecule has 2 heterocycles. The molecule has 1 atom stereocenters. The van der Waals surface area contributed by atoms with Gasteiger partial charge in [0.2, 0.25) is 0 Å². The molecule has 4 nitrogen and oxygen atoms in total. The van der Waals surface area contributed by atoms with Crippen molar-refractivity contribution in [2.45, 2.75) is 26.8 Å². The van der Waals surface area contributed by atoms with Crippen LogP contribution in [-0.4, -0.2) is 14.3 Å². The van der Waals surface area contributed by atoms with E-state index in [9.17, 15) is 4.79 Å². The third-order valence-electron chi connectivity index (χ3n) is 4.37. The van der Waals surface area contributed by atoms with E-state index in [-0.39, 0.29) is 11.6 Å². The second-order valence-electron chi connectivity index (χ2n) is 6.00. The first-order chi connectivity index (χ1) is 11.0. The lowest BCUT2D eigenvalue weighted by atomic mass is 10.1. The lowest BCUT2D eigenvalue weighted by Gasteiger charge is -2.15. The van der Waals surface area contributed by atoms with Gasteiger partial charge in [0.25, 0.3) is 5.56 Å². The quantitative estimate of drug-likeness (QED) is 0.743. The van der Waals surface area contributed by atoms with E-state index in [2.05, 4.69) is 31.1 Å². The van der Waals surface area contributed by atoms with E-state index in [1.165, 1.54) is 5.56 Å². The Labute approximate surface area is 136 Å². The molecule has 0 bridgehead atoms. The number of aromatic nitrogens is 3. The molecule has 3 rings (SSSR count). The summed E-state index contributed by atoms with van der Waals surface area (Å²) in [7, 11) is 1.78. The third kappa shape index (κ3) is 2.72. The van der Waals surface area contributed by atoms with Gasteiger partial charge in [0.05, 0.1) is 12.2 Å². The molecule has 3 aromatic rings. The van der Waals surface area contributed by atoms with Crippen LogP contribution in [0.3, 0.4) is 0 Å². The minimum absolute atomic E-state index is 0.0384. The SMILES string of the molecule is Cc1cc(-c2cnn(C(C)c3ccccc3)c2C)cn(C)c1=O. The van der Waals surface area contributed by atoms with Crippen LogP contribution in [0.5, 0.6) is 0 Å². The first-order valence-electron chi connectivity index (χ1n) is 7.75. The number of hydrogen-bond acceptors (Lipinski definition) is 2. The smallest absolute Gasteiger partial charge is 0.253 e. The van der Waals surface area contributed by atoms with Crippen molar-refractivity contribution < 1.29 is 0 Å². The molecule has 0 radical (unpaired) electrons. The van der Waals surface area contributed by atoms with Gasteiger partial charge in [0, 0.05) is 35.6 Å². The van der Waals surface area contributed by atoms with Gasteiger partial charge in [-0.3, -0.25) is 9.48 Å². The number of aryl methyl sites for hydroxylation is 2. The standard InChI is InChI=1S/C19H21N3O/c1-13-10-17(12-21(4)19(13)23)18-11-20-22(15(18)3)14(2)16-8-6-5-7-9-16/h5-12,14H,1-4H3. The van der Waals surface area contributed by atoms with Crippen molar-refractivity contribution in [3.8, 4) is 11.1 Å². The number of rotatable bonds is 3. The summed E-state index contributed by atoms with van der Waals surface area (Å²) in [5.74, 6) is 0. The fourth-order valence-corrected chi connectivity index (χ4v) is 2.99. The van der Waals surface area contributed by atoms with Crippen LogP contribution in [0.2, 0.25) is 0 Å². The summed E-state index contributed by atoms with van der Waals surface area (Å²) in [6.45, 7) is 6.06. The van der Waals surface area contributed by atoms with E-state index < -0.39 is 0 Å². The summed E-state index contributed by atoms with van der Waals surface area (Å²) in [5.41, 5.74) is 5.19. The van der Waals surface area contributed by atoms with Crippen LogP contribution in [0.25, 0.3) is 11.1 Å². The molecular formula is C19H21N3O. The van der Waals surface area contributed by atoms with Crippen molar-refractivity contribution in [2.75, 3.05) is 0 Å². The average molecular weight is 307 g/mol. The highest BCUT2D eigenvalue weighted by molar-refractivity contribution is 5.65. The highest BCUT2D eigenvalue weighted by atomic mass is 16.1. The largest absolute Gasteiger partial charge is 0.318 e. The molecule has 0 saturated carbocycles. The predicted molar refractivity (Wildman–Crippen MR) is 92.6 cm³/mol. The van der Waals surface area contributed by atoms with Gasteiger partial charge in [-0.2, -0.15) is 5.10 Å². The lowest BCUT2D eigenvalue weighted by molar-refractivity contribution is 0.550. The minimum Gasteiger partial charge on any atom is -0.318 e. The Hall–Kier alpha value is -2.62. The van der Waals surface area contributed by atoms with Gasteiger partial charge in [0.1, 0.15) is 0 Å². The molecule has 0 aliphatic carbocycles. The minimum atomic E-state index is 0.0384. The summed E-state index contributed by atoms with van der Waals surface area (Å²) >= 11 is 0. The van der Waals surface area contributed by atoms with Crippen LogP contribution in [0.4, 0.5) is 0 Å². The second kappa shape index (κ2) is 5.88. The maximum absolute atomic E-state index is 11.9. The van der Waals surface area contributed by atoms with E-state index >= 15 is 0 Å². The zero-order valence-corrected chi connectivity index (χ0v) is 13.9. The van der Waals surface area contributed by atoms with Crippen LogP contribution in [-0.2, 0) is 7.05 Å². The van der Waals surface area contributed by atoms with Gasteiger partial charge in [-0.05, 0) is 32.4 Å². The lowest BCUT2D eigenvalue weighted by Crippen LogP contribution is -2.18. The zero-order valence-electron chi connectivity index (χ0n) is 13.9. The van der Waals surface area contributed by atoms with Crippen molar-refractivity contribution >= 4 is 0 Å². The van der Waals surface area contributed by atoms with Gasteiger partial charge in [-0.1, -0.05) is 30.3 Å². The Bertz CT molecular complexity index is 864. The number of hydrogen-bond donors (Lipinski definition) is 0. The Kier molecular flexibility index (Phi) is 3.90. The Balaban J connectivity index is 2.05. The van der Waals surface area contributed by atoms with E-state index in [0.717, 1.165) is 22.4 Å². The molecule has 1 unspecified atom stereocenters. The van der Waals surface area contributed by atoms with Crippen molar-refractivity contribution in [3.05, 3.63) is 76.0 Å². The van der Waals surface area contributed by atoms with E-state index in [0.29, 0.717) is 0 Å². The van der Waals surface area contributed by atoms with Gasteiger partial charge in [0.15, 0.2) is 0 Å². The van der Waals surface area contributed by atoms with Gasteiger partial charge in [-0.15, -0.1) is 0 Å². The van der Waals surface area contributed by atoms with E-state index in [1.54, 1.807) is 11.6 Å². The molecule has 0 fully saturated rings. The Morgan fingerprint density at radius 3 is 2.48 bits per heavy atom. The Morgan fingerprint density at radius 1 is 1.13 bits per heavy atom. The first kappa shape index (κ1) is 15.3. The van der Waals surface area contributed by atoms with E-state index in [4.69, 9.17) is 0 Å². The van der Waals surface area contributed by atoms with Crippen molar-refractivity contribution in [3.63, 3.8) is 0 Å². The summed E-state index contributed by atoms with van der Waals surface area (Å²) in [5, 5.41) is 4.58. The van der Waals surface area contributed by atoms with E-state index in [1.807, 2.05) is 48.3 Å². The first-order valence-corrected chi connectivity index (χ1v) is 7.75. The van der Waals surface area contributed by atoms with Crippen LogP contribution in [0, 0.1) is 13.8 Å². The van der Waals surface area contributed by atoms with Crippen LogP contribution >= 0.6 is 0 Å². The zero-order chi connectivity index (χ0) is 16.6. The second-order valence-corrected chi connectivity index (χ2v) is 6.00. The fourth-order valence-electron chi connectivity index (χ4n) is 2.99. The number of benzene rings is 1. The highest BCUT2D eigenvalue weighted by Gasteiger charge is 2.15. The number of nitrogens with zero attached hydrogens (tertiary/aromatic N) is 3. The van der Waals surface area contributed by atoms with Crippen molar-refractivity contribution in [1.29, 1.82) is 0 Å². The topological polar surface area (TPSA) is 39.8 Å². The molecule has 23 heavy (non-hydrogen) atoms. The summed E-state index contributed by atoms with van der Waals surface area (Å²) in [6, 6.07) is 12.4. The molecule has 0 N–H and O–H groups in total. The third-order valence-corrected chi connectivity index (χ3v) is 4.37. The molecule has 1 aromatic carbocycles. The molecule has 0 aliphatic rings. The van der Waals surface area contributed by atoms with Crippen LogP contribution in [0.1, 0.15) is 29.8 Å².